The summed E-state index contributed by atoms with van der Waals surface area (Å²) in [6.45, 7) is 6.32. The standard InChI is InChI=1S/C23H34N2O2/c1-2-27-12-11-23(26)24-15-19-13-20(17-24)22-10-6-9-21(25(22)16-19)14-18-7-4-3-5-8-18/h3-5,7-8,19-22H,2,6,9-17H2,1H3/t19-,20+,21+,22-/m0/s1. The second kappa shape index (κ2) is 8.74. The summed E-state index contributed by atoms with van der Waals surface area (Å²) < 4.78 is 5.39. The van der Waals surface area contributed by atoms with E-state index >= 15 is 0 Å². The highest BCUT2D eigenvalue weighted by molar-refractivity contribution is 5.76. The van der Waals surface area contributed by atoms with Crippen LogP contribution in [0.1, 0.15) is 44.6 Å². The monoisotopic (exact) mass is 370 g/mol. The van der Waals surface area contributed by atoms with Crippen LogP contribution in [0.15, 0.2) is 30.3 Å². The van der Waals surface area contributed by atoms with Crippen LogP contribution < -0.4 is 0 Å². The maximum absolute atomic E-state index is 12.6. The third kappa shape index (κ3) is 4.38. The molecule has 0 saturated carbocycles. The largest absolute Gasteiger partial charge is 0.381 e. The van der Waals surface area contributed by atoms with Crippen molar-refractivity contribution < 1.29 is 9.53 Å². The van der Waals surface area contributed by atoms with Gasteiger partial charge < -0.3 is 9.64 Å². The van der Waals surface area contributed by atoms with E-state index in [4.69, 9.17) is 4.74 Å². The molecule has 4 atom stereocenters. The molecule has 1 amide bonds. The SMILES string of the molecule is CCOCCC(=O)N1C[C@@H]2C[C@H](C1)[C@@H]1CCC[C@H](Cc3ccccc3)N1C2. The summed E-state index contributed by atoms with van der Waals surface area (Å²) in [7, 11) is 0. The average molecular weight is 371 g/mol. The molecule has 0 aliphatic carbocycles. The van der Waals surface area contributed by atoms with Gasteiger partial charge in [0, 0.05) is 38.3 Å². The van der Waals surface area contributed by atoms with Crippen molar-refractivity contribution in [2.24, 2.45) is 11.8 Å². The van der Waals surface area contributed by atoms with Crippen LogP contribution >= 0.6 is 0 Å². The van der Waals surface area contributed by atoms with Gasteiger partial charge in [0.1, 0.15) is 0 Å². The van der Waals surface area contributed by atoms with Crippen LogP contribution in [-0.2, 0) is 16.0 Å². The zero-order chi connectivity index (χ0) is 18.6. The summed E-state index contributed by atoms with van der Waals surface area (Å²) in [6, 6.07) is 12.3. The van der Waals surface area contributed by atoms with Gasteiger partial charge in [-0.2, -0.15) is 0 Å². The number of carbonyl (C=O) groups excluding carboxylic acids is 1. The van der Waals surface area contributed by atoms with Crippen molar-refractivity contribution in [1.82, 2.24) is 9.80 Å². The summed E-state index contributed by atoms with van der Waals surface area (Å²) >= 11 is 0. The van der Waals surface area contributed by atoms with Gasteiger partial charge >= 0.3 is 0 Å². The molecule has 4 nitrogen and oxygen atoms in total. The highest BCUT2D eigenvalue weighted by Gasteiger charge is 2.45. The molecule has 3 aliphatic rings. The molecule has 0 unspecified atom stereocenters. The van der Waals surface area contributed by atoms with E-state index in [-0.39, 0.29) is 0 Å². The predicted molar refractivity (Wildman–Crippen MR) is 108 cm³/mol. The molecule has 2 bridgehead atoms. The Morgan fingerprint density at radius 2 is 2.00 bits per heavy atom. The Balaban J connectivity index is 1.40. The van der Waals surface area contributed by atoms with Crippen molar-refractivity contribution >= 4 is 5.91 Å². The minimum atomic E-state index is 0.295. The number of fused-ring (bicyclic) bond motifs is 4. The molecule has 148 valence electrons. The van der Waals surface area contributed by atoms with E-state index in [1.807, 2.05) is 6.92 Å². The van der Waals surface area contributed by atoms with Gasteiger partial charge in [0.15, 0.2) is 0 Å². The van der Waals surface area contributed by atoms with Crippen molar-refractivity contribution in [3.63, 3.8) is 0 Å². The number of piperidine rings is 3. The maximum atomic E-state index is 12.6. The number of ether oxygens (including phenoxy) is 1. The van der Waals surface area contributed by atoms with Gasteiger partial charge in [0.2, 0.25) is 5.91 Å². The van der Waals surface area contributed by atoms with E-state index in [2.05, 4.69) is 40.1 Å². The van der Waals surface area contributed by atoms with Gasteiger partial charge in [-0.15, -0.1) is 0 Å². The van der Waals surface area contributed by atoms with Gasteiger partial charge in [-0.05, 0) is 50.0 Å². The topological polar surface area (TPSA) is 32.8 Å². The maximum Gasteiger partial charge on any atom is 0.224 e. The second-order valence-corrected chi connectivity index (χ2v) is 8.65. The molecular weight excluding hydrogens is 336 g/mol. The molecule has 0 N–H and O–H groups in total. The Kier molecular flexibility index (Phi) is 6.14. The minimum Gasteiger partial charge on any atom is -0.381 e. The minimum absolute atomic E-state index is 0.295. The Hall–Kier alpha value is -1.39. The molecule has 27 heavy (non-hydrogen) atoms. The lowest BCUT2D eigenvalue weighted by Gasteiger charge is -2.55. The number of benzene rings is 1. The second-order valence-electron chi connectivity index (χ2n) is 8.65. The smallest absolute Gasteiger partial charge is 0.224 e. The Morgan fingerprint density at radius 3 is 2.81 bits per heavy atom. The Labute approximate surface area is 163 Å². The summed E-state index contributed by atoms with van der Waals surface area (Å²) in [4.78, 5) is 17.6. The number of hydrogen-bond donors (Lipinski definition) is 0. The first kappa shape index (κ1) is 18.9. The number of carbonyl (C=O) groups is 1. The molecule has 1 aromatic carbocycles. The first-order chi connectivity index (χ1) is 13.2. The predicted octanol–water partition coefficient (Wildman–Crippen LogP) is 3.36. The molecule has 3 heterocycles. The van der Waals surface area contributed by atoms with Gasteiger partial charge in [-0.25, -0.2) is 0 Å². The quantitative estimate of drug-likeness (QED) is 0.720. The van der Waals surface area contributed by atoms with Crippen molar-refractivity contribution in [3.8, 4) is 0 Å². The third-order valence-electron chi connectivity index (χ3n) is 6.85. The van der Waals surface area contributed by atoms with Gasteiger partial charge in [0.25, 0.3) is 0 Å². The van der Waals surface area contributed by atoms with Crippen LogP contribution in [0.25, 0.3) is 0 Å². The zero-order valence-corrected chi connectivity index (χ0v) is 16.7. The highest BCUT2D eigenvalue weighted by atomic mass is 16.5. The van der Waals surface area contributed by atoms with Crippen molar-refractivity contribution in [1.29, 1.82) is 0 Å². The van der Waals surface area contributed by atoms with Crippen LogP contribution in [0.3, 0.4) is 0 Å². The molecule has 3 saturated heterocycles. The normalized spacial score (nSPS) is 30.8. The fraction of sp³-hybridized carbons (Fsp3) is 0.696. The molecule has 1 aromatic rings. The van der Waals surface area contributed by atoms with Gasteiger partial charge in [-0.1, -0.05) is 36.8 Å². The molecule has 0 spiro atoms. The first-order valence-corrected chi connectivity index (χ1v) is 10.9. The van der Waals surface area contributed by atoms with E-state index < -0.39 is 0 Å². The van der Waals surface area contributed by atoms with Crippen LogP contribution in [-0.4, -0.2) is 60.6 Å². The van der Waals surface area contributed by atoms with Crippen LogP contribution in [0.4, 0.5) is 0 Å². The van der Waals surface area contributed by atoms with E-state index in [0.29, 0.717) is 49.5 Å². The van der Waals surface area contributed by atoms with E-state index in [0.717, 1.165) is 13.1 Å². The lowest BCUT2D eigenvalue weighted by Crippen LogP contribution is -2.62. The summed E-state index contributed by atoms with van der Waals surface area (Å²) in [5.74, 6) is 1.60. The molecule has 0 radical (unpaired) electrons. The lowest BCUT2D eigenvalue weighted by atomic mass is 9.74. The first-order valence-electron chi connectivity index (χ1n) is 10.9. The number of hydrogen-bond acceptors (Lipinski definition) is 3. The summed E-state index contributed by atoms with van der Waals surface area (Å²) in [5, 5.41) is 0. The Bertz CT molecular complexity index is 620. The number of nitrogens with zero attached hydrogens (tertiary/aromatic N) is 2. The van der Waals surface area contributed by atoms with E-state index in [9.17, 15) is 4.79 Å². The van der Waals surface area contributed by atoms with Gasteiger partial charge in [-0.3, -0.25) is 9.69 Å². The molecule has 3 aliphatic heterocycles. The molecule has 0 aromatic heterocycles. The molecule has 4 heteroatoms. The van der Waals surface area contributed by atoms with Crippen molar-refractivity contribution in [2.75, 3.05) is 32.8 Å². The molecule has 3 fully saturated rings. The van der Waals surface area contributed by atoms with E-state index in [1.54, 1.807) is 0 Å². The molecule has 4 rings (SSSR count). The van der Waals surface area contributed by atoms with Crippen LogP contribution in [0, 0.1) is 11.8 Å². The summed E-state index contributed by atoms with van der Waals surface area (Å²) in [6.07, 6.45) is 6.99. The van der Waals surface area contributed by atoms with Crippen LogP contribution in [0.5, 0.6) is 0 Å². The van der Waals surface area contributed by atoms with Crippen LogP contribution in [0.2, 0.25) is 0 Å². The average Bonchev–Trinajstić information content (AvgIpc) is 2.69. The zero-order valence-electron chi connectivity index (χ0n) is 16.7. The van der Waals surface area contributed by atoms with Crippen molar-refractivity contribution in [3.05, 3.63) is 35.9 Å². The molecular formula is C23H34N2O2. The number of amides is 1. The lowest BCUT2D eigenvalue weighted by molar-refractivity contribution is -0.140. The number of rotatable bonds is 6. The van der Waals surface area contributed by atoms with Crippen molar-refractivity contribution in [2.45, 2.75) is 57.5 Å². The summed E-state index contributed by atoms with van der Waals surface area (Å²) in [5.41, 5.74) is 1.46. The number of likely N-dealkylation sites (tertiary alicyclic amines) is 1. The Morgan fingerprint density at radius 1 is 1.15 bits per heavy atom. The fourth-order valence-electron chi connectivity index (χ4n) is 5.68. The third-order valence-corrected chi connectivity index (χ3v) is 6.85. The fourth-order valence-corrected chi connectivity index (χ4v) is 5.68. The van der Waals surface area contributed by atoms with E-state index in [1.165, 1.54) is 44.2 Å². The highest BCUT2D eigenvalue weighted by Crippen LogP contribution is 2.40. The van der Waals surface area contributed by atoms with Gasteiger partial charge in [0.05, 0.1) is 13.0 Å².